The van der Waals surface area contributed by atoms with E-state index in [1.165, 1.54) is 5.01 Å². The lowest BCUT2D eigenvalue weighted by molar-refractivity contribution is 0.587. The van der Waals surface area contributed by atoms with E-state index in [1.54, 1.807) is 11.3 Å². The SMILES string of the molecule is Cc1csc(CNC(C)C)n1.Cl.Cl. The first kappa shape index (κ1) is 15.6. The predicted octanol–water partition coefficient (Wildman–Crippen LogP) is 2.79. The average molecular weight is 243 g/mol. The first-order chi connectivity index (χ1) is 5.18. The fraction of sp³-hybridized carbons (Fsp3) is 0.625. The van der Waals surface area contributed by atoms with Crippen molar-refractivity contribution in [2.45, 2.75) is 33.4 Å². The lowest BCUT2D eigenvalue weighted by atomic mass is 10.4. The fourth-order valence-corrected chi connectivity index (χ4v) is 1.50. The molecule has 1 aromatic rings. The molecule has 13 heavy (non-hydrogen) atoms. The van der Waals surface area contributed by atoms with Gasteiger partial charge in [0.2, 0.25) is 0 Å². The van der Waals surface area contributed by atoms with Crippen molar-refractivity contribution in [1.82, 2.24) is 10.3 Å². The van der Waals surface area contributed by atoms with Gasteiger partial charge in [0.15, 0.2) is 0 Å². The lowest BCUT2D eigenvalue weighted by Crippen LogP contribution is -2.21. The summed E-state index contributed by atoms with van der Waals surface area (Å²) in [5.41, 5.74) is 1.12. The zero-order valence-electron chi connectivity index (χ0n) is 8.03. The maximum atomic E-state index is 4.34. The molecule has 1 N–H and O–H groups in total. The highest BCUT2D eigenvalue weighted by Gasteiger charge is 1.98. The van der Waals surface area contributed by atoms with Crippen LogP contribution in [0.25, 0.3) is 0 Å². The summed E-state index contributed by atoms with van der Waals surface area (Å²) in [6, 6.07) is 0.541. The van der Waals surface area contributed by atoms with Crippen molar-refractivity contribution in [2.24, 2.45) is 0 Å². The van der Waals surface area contributed by atoms with Gasteiger partial charge in [0.25, 0.3) is 0 Å². The third kappa shape index (κ3) is 6.27. The van der Waals surface area contributed by atoms with Crippen LogP contribution in [0, 0.1) is 6.92 Å². The second kappa shape index (κ2) is 7.56. The van der Waals surface area contributed by atoms with Gasteiger partial charge in [-0.25, -0.2) is 4.98 Å². The second-order valence-electron chi connectivity index (χ2n) is 2.92. The average Bonchev–Trinajstić information content (AvgIpc) is 2.31. The number of aromatic nitrogens is 1. The van der Waals surface area contributed by atoms with Crippen molar-refractivity contribution in [1.29, 1.82) is 0 Å². The van der Waals surface area contributed by atoms with Crippen LogP contribution in [0.2, 0.25) is 0 Å². The number of thiazole rings is 1. The summed E-state index contributed by atoms with van der Waals surface area (Å²) in [4.78, 5) is 4.34. The van der Waals surface area contributed by atoms with Gasteiger partial charge in [0.1, 0.15) is 5.01 Å². The van der Waals surface area contributed by atoms with Crippen LogP contribution in [0.15, 0.2) is 5.38 Å². The largest absolute Gasteiger partial charge is 0.308 e. The Labute approximate surface area is 96.0 Å². The monoisotopic (exact) mass is 242 g/mol. The molecule has 0 fully saturated rings. The van der Waals surface area contributed by atoms with Crippen LogP contribution < -0.4 is 5.32 Å². The van der Waals surface area contributed by atoms with E-state index in [2.05, 4.69) is 29.5 Å². The molecule has 0 aromatic carbocycles. The van der Waals surface area contributed by atoms with Crippen LogP contribution in [0.3, 0.4) is 0 Å². The molecule has 0 radical (unpaired) electrons. The van der Waals surface area contributed by atoms with E-state index in [1.807, 2.05) is 6.92 Å². The van der Waals surface area contributed by atoms with Gasteiger partial charge in [0.05, 0.1) is 0 Å². The summed E-state index contributed by atoms with van der Waals surface area (Å²) >= 11 is 1.72. The number of nitrogens with one attached hydrogen (secondary N) is 1. The van der Waals surface area contributed by atoms with Crippen molar-refractivity contribution in [3.05, 3.63) is 16.1 Å². The number of hydrogen-bond acceptors (Lipinski definition) is 3. The van der Waals surface area contributed by atoms with E-state index in [4.69, 9.17) is 0 Å². The van der Waals surface area contributed by atoms with Crippen molar-refractivity contribution in [2.75, 3.05) is 0 Å². The molecule has 1 aromatic heterocycles. The number of rotatable bonds is 3. The molecule has 78 valence electrons. The van der Waals surface area contributed by atoms with Gasteiger partial charge >= 0.3 is 0 Å². The molecule has 0 aliphatic carbocycles. The molecular formula is C8H16Cl2N2S. The zero-order chi connectivity index (χ0) is 8.27. The molecule has 0 aliphatic heterocycles. The van der Waals surface area contributed by atoms with E-state index in [0.717, 1.165) is 12.2 Å². The summed E-state index contributed by atoms with van der Waals surface area (Å²) in [7, 11) is 0. The van der Waals surface area contributed by atoms with Gasteiger partial charge in [-0.3, -0.25) is 0 Å². The van der Waals surface area contributed by atoms with Gasteiger partial charge in [-0.2, -0.15) is 0 Å². The summed E-state index contributed by atoms with van der Waals surface area (Å²) in [5.74, 6) is 0. The van der Waals surface area contributed by atoms with Gasteiger partial charge in [-0.15, -0.1) is 36.2 Å². The molecule has 1 rings (SSSR count). The third-order valence-corrected chi connectivity index (χ3v) is 2.29. The molecule has 0 saturated heterocycles. The van der Waals surface area contributed by atoms with Crippen LogP contribution in [-0.2, 0) is 6.54 Å². The summed E-state index contributed by atoms with van der Waals surface area (Å²) in [6.45, 7) is 7.20. The van der Waals surface area contributed by atoms with Gasteiger partial charge in [-0.05, 0) is 6.92 Å². The molecule has 0 saturated carbocycles. The number of hydrogen-bond donors (Lipinski definition) is 1. The van der Waals surface area contributed by atoms with Crippen LogP contribution in [0.1, 0.15) is 24.5 Å². The van der Waals surface area contributed by atoms with E-state index in [-0.39, 0.29) is 24.8 Å². The smallest absolute Gasteiger partial charge is 0.107 e. The molecule has 0 unspecified atom stereocenters. The maximum Gasteiger partial charge on any atom is 0.107 e. The van der Waals surface area contributed by atoms with Crippen LogP contribution in [0.5, 0.6) is 0 Å². The van der Waals surface area contributed by atoms with Gasteiger partial charge < -0.3 is 5.32 Å². The molecule has 0 atom stereocenters. The van der Waals surface area contributed by atoms with Crippen LogP contribution in [0.4, 0.5) is 0 Å². The summed E-state index contributed by atoms with van der Waals surface area (Å²) in [5, 5.41) is 6.58. The topological polar surface area (TPSA) is 24.9 Å². The Balaban J connectivity index is 0. The summed E-state index contributed by atoms with van der Waals surface area (Å²) < 4.78 is 0. The second-order valence-corrected chi connectivity index (χ2v) is 3.86. The van der Waals surface area contributed by atoms with Crippen molar-refractivity contribution in [3.8, 4) is 0 Å². The highest BCUT2D eigenvalue weighted by Crippen LogP contribution is 2.07. The Morgan fingerprint density at radius 2 is 2.08 bits per heavy atom. The lowest BCUT2D eigenvalue weighted by Gasteiger charge is -2.04. The van der Waals surface area contributed by atoms with E-state index in [9.17, 15) is 0 Å². The first-order valence-electron chi connectivity index (χ1n) is 3.83. The summed E-state index contributed by atoms with van der Waals surface area (Å²) in [6.07, 6.45) is 0. The van der Waals surface area contributed by atoms with Gasteiger partial charge in [0, 0.05) is 23.7 Å². The minimum atomic E-state index is 0. The minimum absolute atomic E-state index is 0. The molecule has 0 bridgehead atoms. The molecule has 2 nitrogen and oxygen atoms in total. The molecule has 5 heteroatoms. The van der Waals surface area contributed by atoms with E-state index < -0.39 is 0 Å². The van der Waals surface area contributed by atoms with Crippen molar-refractivity contribution < 1.29 is 0 Å². The molecule has 0 amide bonds. The van der Waals surface area contributed by atoms with Crippen LogP contribution in [-0.4, -0.2) is 11.0 Å². The number of aryl methyl sites for hydroxylation is 1. The Bertz CT molecular complexity index is 226. The quantitative estimate of drug-likeness (QED) is 0.883. The van der Waals surface area contributed by atoms with Crippen LogP contribution >= 0.6 is 36.2 Å². The normalized spacial score (nSPS) is 9.23. The Hall–Kier alpha value is 0.170. The van der Waals surface area contributed by atoms with Crippen molar-refractivity contribution in [3.63, 3.8) is 0 Å². The van der Waals surface area contributed by atoms with E-state index in [0.29, 0.717) is 6.04 Å². The molecule has 0 spiro atoms. The van der Waals surface area contributed by atoms with E-state index >= 15 is 0 Å². The first-order valence-corrected chi connectivity index (χ1v) is 4.71. The predicted molar refractivity (Wildman–Crippen MR) is 63.3 cm³/mol. The molecular weight excluding hydrogens is 227 g/mol. The highest BCUT2D eigenvalue weighted by atomic mass is 35.5. The number of nitrogens with zero attached hydrogens (tertiary/aromatic N) is 1. The van der Waals surface area contributed by atoms with Crippen molar-refractivity contribution >= 4 is 36.2 Å². The molecule has 1 heterocycles. The highest BCUT2D eigenvalue weighted by molar-refractivity contribution is 7.09. The Morgan fingerprint density at radius 3 is 2.46 bits per heavy atom. The Kier molecular flexibility index (Phi) is 9.09. The minimum Gasteiger partial charge on any atom is -0.308 e. The standard InChI is InChI=1S/C8H14N2S.2ClH/c1-6(2)9-4-8-10-7(3)5-11-8;;/h5-6,9H,4H2,1-3H3;2*1H. The maximum absolute atomic E-state index is 4.34. The zero-order valence-corrected chi connectivity index (χ0v) is 10.5. The third-order valence-electron chi connectivity index (χ3n) is 1.33. The fourth-order valence-electron chi connectivity index (χ4n) is 0.775. The number of halogens is 2. The molecule has 0 aliphatic rings. The Morgan fingerprint density at radius 1 is 1.46 bits per heavy atom. The van der Waals surface area contributed by atoms with Gasteiger partial charge in [-0.1, -0.05) is 13.8 Å².